The van der Waals surface area contributed by atoms with Gasteiger partial charge in [0.2, 0.25) is 5.91 Å². The zero-order valence-corrected chi connectivity index (χ0v) is 19.2. The van der Waals surface area contributed by atoms with Crippen LogP contribution in [0.1, 0.15) is 0 Å². The highest BCUT2D eigenvalue weighted by Gasteiger charge is 2.16. The van der Waals surface area contributed by atoms with Crippen molar-refractivity contribution >= 4 is 34.1 Å². The number of carbonyl (C=O) groups is 1. The summed E-state index contributed by atoms with van der Waals surface area (Å²) in [4.78, 5) is 26.1. The quantitative estimate of drug-likeness (QED) is 0.264. The summed E-state index contributed by atoms with van der Waals surface area (Å²) >= 11 is 2.85. The Morgan fingerprint density at radius 2 is 1.45 bits per heavy atom. The number of hydrogen-bond donors (Lipinski definition) is 2. The van der Waals surface area contributed by atoms with Crippen molar-refractivity contribution < 1.29 is 4.79 Å². The predicted molar refractivity (Wildman–Crippen MR) is 136 cm³/mol. The number of thiazole rings is 1. The number of nitrogens with zero attached hydrogens (tertiary/aromatic N) is 2. The predicted octanol–water partition coefficient (Wildman–Crippen LogP) is 6.60. The third kappa shape index (κ3) is 5.05. The molecule has 0 fully saturated rings. The maximum Gasteiger partial charge on any atom is 0.236 e. The van der Waals surface area contributed by atoms with Gasteiger partial charge < -0.3 is 10.3 Å². The van der Waals surface area contributed by atoms with Gasteiger partial charge in [0.15, 0.2) is 10.3 Å². The second-order valence-electron chi connectivity index (χ2n) is 7.23. The molecule has 0 aliphatic rings. The van der Waals surface area contributed by atoms with E-state index in [2.05, 4.69) is 27.4 Å². The van der Waals surface area contributed by atoms with Crippen LogP contribution in [-0.2, 0) is 4.79 Å². The van der Waals surface area contributed by atoms with E-state index in [4.69, 9.17) is 4.98 Å². The molecule has 0 radical (unpaired) electrons. The lowest BCUT2D eigenvalue weighted by Crippen LogP contribution is -2.13. The monoisotopic (exact) mass is 468 g/mol. The van der Waals surface area contributed by atoms with Crippen LogP contribution in [0.5, 0.6) is 0 Å². The van der Waals surface area contributed by atoms with Crippen molar-refractivity contribution in [3.63, 3.8) is 0 Å². The van der Waals surface area contributed by atoms with Crippen molar-refractivity contribution in [3.8, 4) is 33.0 Å². The molecule has 0 unspecified atom stereocenters. The minimum Gasteiger partial charge on any atom is -0.333 e. The topological polar surface area (TPSA) is 70.7 Å². The smallest absolute Gasteiger partial charge is 0.236 e. The lowest BCUT2D eigenvalue weighted by Gasteiger charge is -2.02. The van der Waals surface area contributed by atoms with Crippen molar-refractivity contribution in [2.75, 3.05) is 11.1 Å². The van der Waals surface area contributed by atoms with Gasteiger partial charge in [0.25, 0.3) is 0 Å². The molecule has 0 atom stereocenters. The Hall–Kier alpha value is -3.68. The molecular weight excluding hydrogens is 448 g/mol. The molecule has 0 saturated carbocycles. The summed E-state index contributed by atoms with van der Waals surface area (Å²) in [6.45, 7) is 0. The molecule has 1 amide bonds. The molecule has 5 nitrogen and oxygen atoms in total. The molecule has 2 N–H and O–H groups in total. The SMILES string of the molecule is O=C(CSc1ncc(-c2ccccc2)[nH]1)Nc1nc(-c2ccccc2)c(-c2ccccc2)s1. The first kappa shape index (κ1) is 21.2. The molecule has 3 aromatic carbocycles. The second kappa shape index (κ2) is 9.85. The van der Waals surface area contributed by atoms with E-state index in [0.717, 1.165) is 33.0 Å². The van der Waals surface area contributed by atoms with Gasteiger partial charge in [0, 0.05) is 5.56 Å². The summed E-state index contributed by atoms with van der Waals surface area (Å²) in [5.74, 6) is 0.119. The normalized spacial score (nSPS) is 10.8. The van der Waals surface area contributed by atoms with Gasteiger partial charge in [-0.05, 0) is 11.1 Å². The van der Waals surface area contributed by atoms with Crippen LogP contribution < -0.4 is 5.32 Å². The maximum atomic E-state index is 12.6. The van der Waals surface area contributed by atoms with Crippen LogP contribution in [-0.4, -0.2) is 26.6 Å². The fourth-order valence-electron chi connectivity index (χ4n) is 3.38. The number of nitrogens with one attached hydrogen (secondary N) is 2. The van der Waals surface area contributed by atoms with Crippen LogP contribution >= 0.6 is 23.1 Å². The first-order valence-corrected chi connectivity index (χ1v) is 12.2. The number of imidazole rings is 1. The summed E-state index contributed by atoms with van der Waals surface area (Å²) < 4.78 is 0. The lowest BCUT2D eigenvalue weighted by molar-refractivity contribution is -0.113. The van der Waals surface area contributed by atoms with Crippen LogP contribution in [0.2, 0.25) is 0 Å². The maximum absolute atomic E-state index is 12.6. The fraction of sp³-hybridized carbons (Fsp3) is 0.0385. The summed E-state index contributed by atoms with van der Waals surface area (Å²) in [5, 5.41) is 4.25. The lowest BCUT2D eigenvalue weighted by atomic mass is 10.1. The molecule has 0 bridgehead atoms. The molecule has 7 heteroatoms. The molecule has 162 valence electrons. The van der Waals surface area contributed by atoms with Gasteiger partial charge in [-0.2, -0.15) is 0 Å². The van der Waals surface area contributed by atoms with Crippen LogP contribution in [0.15, 0.2) is 102 Å². The van der Waals surface area contributed by atoms with E-state index < -0.39 is 0 Å². The first-order chi connectivity index (χ1) is 16.3. The van der Waals surface area contributed by atoms with Crippen molar-refractivity contribution in [2.24, 2.45) is 0 Å². The van der Waals surface area contributed by atoms with E-state index in [0.29, 0.717) is 10.3 Å². The second-order valence-corrected chi connectivity index (χ2v) is 9.20. The van der Waals surface area contributed by atoms with Gasteiger partial charge >= 0.3 is 0 Å². The van der Waals surface area contributed by atoms with Crippen molar-refractivity contribution in [1.29, 1.82) is 0 Å². The van der Waals surface area contributed by atoms with E-state index in [-0.39, 0.29) is 11.7 Å². The minimum absolute atomic E-state index is 0.120. The molecule has 0 aliphatic carbocycles. The van der Waals surface area contributed by atoms with Crippen molar-refractivity contribution in [2.45, 2.75) is 5.16 Å². The molecule has 33 heavy (non-hydrogen) atoms. The molecule has 5 aromatic rings. The highest BCUT2D eigenvalue weighted by molar-refractivity contribution is 7.99. The van der Waals surface area contributed by atoms with Gasteiger partial charge in [-0.25, -0.2) is 9.97 Å². The largest absolute Gasteiger partial charge is 0.333 e. The molecule has 0 saturated heterocycles. The summed E-state index contributed by atoms with van der Waals surface area (Å²) in [7, 11) is 0. The molecule has 0 spiro atoms. The zero-order chi connectivity index (χ0) is 22.5. The van der Waals surface area contributed by atoms with Gasteiger partial charge in [-0.15, -0.1) is 0 Å². The van der Waals surface area contributed by atoms with E-state index in [1.165, 1.54) is 23.1 Å². The van der Waals surface area contributed by atoms with Crippen LogP contribution in [0, 0.1) is 0 Å². The van der Waals surface area contributed by atoms with E-state index in [1.807, 2.05) is 78.9 Å². The minimum atomic E-state index is -0.120. The molecule has 5 rings (SSSR count). The van der Waals surface area contributed by atoms with Crippen molar-refractivity contribution in [1.82, 2.24) is 15.0 Å². The Labute approximate surface area is 200 Å². The highest BCUT2D eigenvalue weighted by atomic mass is 32.2. The zero-order valence-electron chi connectivity index (χ0n) is 17.6. The number of carbonyl (C=O) groups excluding carboxylic acids is 1. The van der Waals surface area contributed by atoms with E-state index in [9.17, 15) is 4.79 Å². The molecule has 0 aliphatic heterocycles. The third-order valence-corrected chi connectivity index (χ3v) is 6.84. The average Bonchev–Trinajstić information content (AvgIpc) is 3.52. The number of aromatic amines is 1. The Morgan fingerprint density at radius 3 is 2.12 bits per heavy atom. The number of benzene rings is 3. The van der Waals surface area contributed by atoms with E-state index in [1.54, 1.807) is 6.20 Å². The van der Waals surface area contributed by atoms with E-state index >= 15 is 0 Å². The fourth-order valence-corrected chi connectivity index (χ4v) is 5.04. The summed E-state index contributed by atoms with van der Waals surface area (Å²) in [6, 6.07) is 30.1. The Balaban J connectivity index is 1.30. The Bertz CT molecular complexity index is 1290. The van der Waals surface area contributed by atoms with Gasteiger partial charge in [-0.1, -0.05) is 114 Å². The molecule has 2 heterocycles. The van der Waals surface area contributed by atoms with Gasteiger partial charge in [0.1, 0.15) is 0 Å². The number of thioether (sulfide) groups is 1. The Morgan fingerprint density at radius 1 is 0.848 bits per heavy atom. The number of H-pyrrole nitrogens is 1. The molecular formula is C26H20N4OS2. The summed E-state index contributed by atoms with van der Waals surface area (Å²) in [5.41, 5.74) is 4.96. The van der Waals surface area contributed by atoms with Gasteiger partial charge in [0.05, 0.1) is 28.2 Å². The third-order valence-electron chi connectivity index (χ3n) is 4.93. The van der Waals surface area contributed by atoms with Crippen LogP contribution in [0.25, 0.3) is 33.0 Å². The van der Waals surface area contributed by atoms with Crippen LogP contribution in [0.3, 0.4) is 0 Å². The highest BCUT2D eigenvalue weighted by Crippen LogP contribution is 2.39. The van der Waals surface area contributed by atoms with Crippen LogP contribution in [0.4, 0.5) is 5.13 Å². The van der Waals surface area contributed by atoms with Crippen molar-refractivity contribution in [3.05, 3.63) is 97.2 Å². The first-order valence-electron chi connectivity index (χ1n) is 10.4. The standard InChI is InChI=1S/C26H20N4OS2/c31-22(17-32-25-27-16-21(28-25)18-10-4-1-5-11-18)29-26-30-23(19-12-6-2-7-13-19)24(33-26)20-14-8-3-9-15-20/h1-16H,17H2,(H,27,28)(H,29,30,31). The molecule has 2 aromatic heterocycles. The van der Waals surface area contributed by atoms with Gasteiger partial charge in [-0.3, -0.25) is 4.79 Å². The number of anilines is 1. The number of hydrogen-bond acceptors (Lipinski definition) is 5. The Kier molecular flexibility index (Phi) is 6.32. The average molecular weight is 469 g/mol. The number of aromatic nitrogens is 3. The number of rotatable bonds is 7. The number of amides is 1. The summed E-state index contributed by atoms with van der Waals surface area (Å²) in [6.07, 6.45) is 1.79.